The van der Waals surface area contributed by atoms with Crippen molar-refractivity contribution in [3.05, 3.63) is 60.8 Å². The van der Waals surface area contributed by atoms with Crippen LogP contribution in [0.5, 0.6) is 0 Å². The first-order valence-corrected chi connectivity index (χ1v) is 23.5. The number of allylic oxidation sites excluding steroid dienone is 10. The van der Waals surface area contributed by atoms with Gasteiger partial charge in [0.2, 0.25) is 0 Å². The van der Waals surface area contributed by atoms with Gasteiger partial charge in [-0.15, -0.1) is 0 Å². The molecule has 0 aromatic heterocycles. The number of hydrogen-bond donors (Lipinski definition) is 0. The summed E-state index contributed by atoms with van der Waals surface area (Å²) in [5.41, 5.74) is 0. The number of hydrogen-bond acceptors (Lipinski definition) is 8. The van der Waals surface area contributed by atoms with Crippen molar-refractivity contribution < 1.29 is 42.1 Å². The van der Waals surface area contributed by atoms with Crippen molar-refractivity contribution in [1.82, 2.24) is 0 Å². The Kier molecular flexibility index (Phi) is 36.7. The molecule has 10 heteroatoms. The maximum Gasteiger partial charge on any atom is 0.306 e. The molecule has 1 unspecified atom stereocenters. The van der Waals surface area contributed by atoms with Gasteiger partial charge in [0.1, 0.15) is 19.8 Å². The van der Waals surface area contributed by atoms with Gasteiger partial charge in [0.15, 0.2) is 6.10 Å². The SMILES string of the molecule is CC/C=C/C/C=C/C/C=C/CCCCCCCC(=O)O[C@H](COC(=O)CCCCCCCCC/C=C/C/C=C/CCCCC)COP(=O)([O-])OCC[N+](C)(C)C. The molecule has 0 aliphatic rings. The first kappa shape index (κ1) is 53.7. The lowest BCUT2D eigenvalue weighted by atomic mass is 10.1. The summed E-state index contributed by atoms with van der Waals surface area (Å²) < 4.78 is 33.9. The van der Waals surface area contributed by atoms with Crippen LogP contribution in [0.25, 0.3) is 0 Å². The lowest BCUT2D eigenvalue weighted by Crippen LogP contribution is -2.37. The Morgan fingerprint density at radius 2 is 1.02 bits per heavy atom. The molecule has 0 radical (unpaired) electrons. The molecule has 0 amide bonds. The van der Waals surface area contributed by atoms with Crippen molar-refractivity contribution in [3.8, 4) is 0 Å². The molecule has 56 heavy (non-hydrogen) atoms. The molecule has 324 valence electrons. The zero-order valence-corrected chi connectivity index (χ0v) is 37.2. The highest BCUT2D eigenvalue weighted by Gasteiger charge is 2.21. The van der Waals surface area contributed by atoms with Gasteiger partial charge in [-0.3, -0.25) is 14.2 Å². The second-order valence-corrected chi connectivity index (χ2v) is 17.1. The monoisotopic (exact) mass is 808 g/mol. The van der Waals surface area contributed by atoms with Crippen LogP contribution in [0.3, 0.4) is 0 Å². The summed E-state index contributed by atoms with van der Waals surface area (Å²) in [5.74, 6) is -0.867. The molecule has 0 aromatic rings. The second kappa shape index (κ2) is 38.2. The number of quaternary nitrogens is 1. The molecule has 0 heterocycles. The summed E-state index contributed by atoms with van der Waals surface area (Å²) in [5, 5.41) is 0. The van der Waals surface area contributed by atoms with E-state index in [1.165, 1.54) is 44.9 Å². The van der Waals surface area contributed by atoms with Crippen molar-refractivity contribution >= 4 is 19.8 Å². The van der Waals surface area contributed by atoms with Crippen LogP contribution in [0.15, 0.2) is 60.8 Å². The third-order valence-electron chi connectivity index (χ3n) is 9.02. The van der Waals surface area contributed by atoms with E-state index in [0.29, 0.717) is 17.4 Å². The fourth-order valence-electron chi connectivity index (χ4n) is 5.58. The summed E-state index contributed by atoms with van der Waals surface area (Å²) in [7, 11) is 1.14. The molecular weight excluding hydrogens is 725 g/mol. The molecule has 9 nitrogen and oxygen atoms in total. The number of phosphoric ester groups is 1. The molecule has 0 saturated heterocycles. The van der Waals surface area contributed by atoms with Gasteiger partial charge in [-0.1, -0.05) is 139 Å². The first-order chi connectivity index (χ1) is 27.0. The summed E-state index contributed by atoms with van der Waals surface area (Å²) in [6.07, 6.45) is 45.3. The Labute approximate surface area is 343 Å². The highest BCUT2D eigenvalue weighted by atomic mass is 31.2. The van der Waals surface area contributed by atoms with Gasteiger partial charge in [0, 0.05) is 12.8 Å². The fourth-order valence-corrected chi connectivity index (χ4v) is 6.31. The number of unbranched alkanes of at least 4 members (excludes halogenated alkanes) is 15. The zero-order valence-electron chi connectivity index (χ0n) is 36.3. The van der Waals surface area contributed by atoms with E-state index in [9.17, 15) is 19.0 Å². The van der Waals surface area contributed by atoms with E-state index in [0.717, 1.165) is 89.9 Å². The fraction of sp³-hybridized carbons (Fsp3) is 0.739. The quantitative estimate of drug-likeness (QED) is 0.0198. The van der Waals surface area contributed by atoms with E-state index in [4.69, 9.17) is 18.5 Å². The van der Waals surface area contributed by atoms with Crippen LogP contribution >= 0.6 is 7.82 Å². The standard InChI is InChI=1S/C46H82NO8P/c1-6-8-10-12-14-16-18-20-22-23-25-26-28-30-32-34-36-38-45(48)52-42-44(43-54-56(50,51)53-41-40-47(3,4)5)55-46(49)39-37-35-33-31-29-27-24-21-19-17-15-13-11-9-7-2/h9,11,14-17,20-22,24,44H,6-8,10,12-13,18-19,23,25-43H2,1-5H3/b11-9+,16-14+,17-15+,22-20+,24-21+/t44-/m1/s1. The maximum absolute atomic E-state index is 12.7. The van der Waals surface area contributed by atoms with Crippen LogP contribution in [-0.2, 0) is 32.7 Å². The van der Waals surface area contributed by atoms with Crippen molar-refractivity contribution in [2.75, 3.05) is 47.5 Å². The molecule has 0 fully saturated rings. The minimum Gasteiger partial charge on any atom is -0.756 e. The Morgan fingerprint density at radius 1 is 0.571 bits per heavy atom. The molecule has 2 atom stereocenters. The van der Waals surface area contributed by atoms with Crippen LogP contribution in [0.1, 0.15) is 168 Å². The number of carbonyl (C=O) groups excluding carboxylic acids is 2. The molecule has 0 aliphatic carbocycles. The Hall–Kier alpha value is -2.29. The Morgan fingerprint density at radius 3 is 1.52 bits per heavy atom. The van der Waals surface area contributed by atoms with E-state index in [-0.39, 0.29) is 26.1 Å². The van der Waals surface area contributed by atoms with Gasteiger partial charge in [0.05, 0.1) is 27.7 Å². The molecule has 0 aromatic carbocycles. The van der Waals surface area contributed by atoms with Crippen LogP contribution in [0.2, 0.25) is 0 Å². The first-order valence-electron chi connectivity index (χ1n) is 22.0. The average Bonchev–Trinajstić information content (AvgIpc) is 3.15. The Balaban J connectivity index is 4.40. The van der Waals surface area contributed by atoms with Crippen molar-refractivity contribution in [3.63, 3.8) is 0 Å². The smallest absolute Gasteiger partial charge is 0.306 e. The number of ether oxygens (including phenoxy) is 2. The highest BCUT2D eigenvalue weighted by Crippen LogP contribution is 2.38. The Bertz CT molecular complexity index is 1140. The number of carbonyl (C=O) groups is 2. The lowest BCUT2D eigenvalue weighted by molar-refractivity contribution is -0.870. The molecule has 0 N–H and O–H groups in total. The zero-order chi connectivity index (χ0) is 41.4. The number of rotatable bonds is 39. The van der Waals surface area contributed by atoms with Crippen LogP contribution in [0, 0.1) is 0 Å². The normalized spacial score (nSPS) is 14.2. The largest absolute Gasteiger partial charge is 0.756 e. The summed E-state index contributed by atoms with van der Waals surface area (Å²) in [6, 6.07) is 0. The summed E-state index contributed by atoms with van der Waals surface area (Å²) in [6.45, 7) is 4.05. The average molecular weight is 808 g/mol. The molecule has 0 aliphatic heterocycles. The van der Waals surface area contributed by atoms with E-state index in [1.54, 1.807) is 0 Å². The molecule has 0 rings (SSSR count). The van der Waals surface area contributed by atoms with Gasteiger partial charge < -0.3 is 27.9 Å². The third-order valence-corrected chi connectivity index (χ3v) is 9.99. The summed E-state index contributed by atoms with van der Waals surface area (Å²) >= 11 is 0. The van der Waals surface area contributed by atoms with Crippen molar-refractivity contribution in [1.29, 1.82) is 0 Å². The molecule has 0 spiro atoms. The van der Waals surface area contributed by atoms with Crippen LogP contribution in [-0.4, -0.2) is 70.0 Å². The van der Waals surface area contributed by atoms with Gasteiger partial charge >= 0.3 is 11.9 Å². The summed E-state index contributed by atoms with van der Waals surface area (Å²) in [4.78, 5) is 37.5. The predicted octanol–water partition coefficient (Wildman–Crippen LogP) is 11.8. The van der Waals surface area contributed by atoms with Crippen molar-refractivity contribution in [2.24, 2.45) is 0 Å². The lowest BCUT2D eigenvalue weighted by Gasteiger charge is -2.28. The van der Waals surface area contributed by atoms with Gasteiger partial charge in [-0.05, 0) is 77.0 Å². The minimum atomic E-state index is -4.63. The van der Waals surface area contributed by atoms with Gasteiger partial charge in [-0.2, -0.15) is 0 Å². The van der Waals surface area contributed by atoms with E-state index >= 15 is 0 Å². The second-order valence-electron chi connectivity index (χ2n) is 15.7. The molecular formula is C46H82NO8P. The van der Waals surface area contributed by atoms with E-state index < -0.39 is 32.5 Å². The van der Waals surface area contributed by atoms with Gasteiger partial charge in [0.25, 0.3) is 7.82 Å². The van der Waals surface area contributed by atoms with E-state index in [1.807, 2.05) is 21.1 Å². The number of esters is 2. The van der Waals surface area contributed by atoms with Crippen molar-refractivity contribution in [2.45, 2.75) is 174 Å². The highest BCUT2D eigenvalue weighted by molar-refractivity contribution is 7.45. The number of nitrogens with zero attached hydrogens (tertiary/aromatic N) is 1. The van der Waals surface area contributed by atoms with Crippen LogP contribution in [0.4, 0.5) is 0 Å². The predicted molar refractivity (Wildman–Crippen MR) is 231 cm³/mol. The van der Waals surface area contributed by atoms with E-state index in [2.05, 4.69) is 74.6 Å². The molecule has 0 bridgehead atoms. The molecule has 0 saturated carbocycles. The minimum absolute atomic E-state index is 0.0384. The topological polar surface area (TPSA) is 111 Å². The van der Waals surface area contributed by atoms with Gasteiger partial charge in [-0.25, -0.2) is 0 Å². The third kappa shape index (κ3) is 41.3. The van der Waals surface area contributed by atoms with Crippen LogP contribution < -0.4 is 4.89 Å². The number of phosphoric acid groups is 1. The maximum atomic E-state index is 12.7. The number of likely N-dealkylation sites (N-methyl/N-ethyl adjacent to an activating group) is 1.